The third kappa shape index (κ3) is 4.15. The highest BCUT2D eigenvalue weighted by molar-refractivity contribution is 6.42. The van der Waals surface area contributed by atoms with Crippen LogP contribution in [0.3, 0.4) is 0 Å². The van der Waals surface area contributed by atoms with E-state index >= 15 is 0 Å². The maximum atomic E-state index is 11.0. The van der Waals surface area contributed by atoms with E-state index in [1.165, 1.54) is 12.3 Å². The molecule has 0 unspecified atom stereocenters. The number of nitro benzene ring substituents is 2. The molecule has 0 aliphatic heterocycles. The van der Waals surface area contributed by atoms with Gasteiger partial charge in [0, 0.05) is 6.07 Å². The molecule has 0 saturated carbocycles. The highest BCUT2D eigenvalue weighted by Gasteiger charge is 2.19. The van der Waals surface area contributed by atoms with Crippen LogP contribution in [0.2, 0.25) is 10.0 Å². The number of halogens is 2. The number of hydrazone groups is 1. The van der Waals surface area contributed by atoms with Gasteiger partial charge in [-0.3, -0.25) is 25.7 Å². The van der Waals surface area contributed by atoms with E-state index in [9.17, 15) is 20.2 Å². The van der Waals surface area contributed by atoms with Gasteiger partial charge in [-0.2, -0.15) is 5.10 Å². The monoisotopic (exact) mass is 354 g/mol. The van der Waals surface area contributed by atoms with Gasteiger partial charge < -0.3 is 0 Å². The molecular weight excluding hydrogens is 347 g/mol. The fourth-order valence-electron chi connectivity index (χ4n) is 1.65. The number of hydrogen-bond acceptors (Lipinski definition) is 6. The van der Waals surface area contributed by atoms with Crippen LogP contribution in [0.15, 0.2) is 41.5 Å². The number of non-ortho nitro benzene ring substituents is 1. The van der Waals surface area contributed by atoms with Crippen molar-refractivity contribution in [2.75, 3.05) is 5.43 Å². The van der Waals surface area contributed by atoms with Crippen LogP contribution in [0.4, 0.5) is 17.1 Å². The Morgan fingerprint density at radius 3 is 2.35 bits per heavy atom. The van der Waals surface area contributed by atoms with Gasteiger partial charge >= 0.3 is 5.69 Å². The molecule has 2 aromatic rings. The Bertz CT molecular complexity index is 811. The van der Waals surface area contributed by atoms with E-state index in [4.69, 9.17) is 23.2 Å². The second-order valence-corrected chi connectivity index (χ2v) is 5.07. The summed E-state index contributed by atoms with van der Waals surface area (Å²) in [4.78, 5) is 20.2. The quantitative estimate of drug-likeness (QED) is 0.489. The van der Waals surface area contributed by atoms with E-state index in [-0.39, 0.29) is 11.4 Å². The number of benzene rings is 2. The summed E-state index contributed by atoms with van der Waals surface area (Å²) in [7, 11) is 0. The summed E-state index contributed by atoms with van der Waals surface area (Å²) in [5.74, 6) is 0. The van der Waals surface area contributed by atoms with Crippen molar-refractivity contribution in [3.63, 3.8) is 0 Å². The molecule has 0 fully saturated rings. The summed E-state index contributed by atoms with van der Waals surface area (Å²) in [5.41, 5.74) is 2.29. The third-order valence-electron chi connectivity index (χ3n) is 2.73. The van der Waals surface area contributed by atoms with Crippen LogP contribution in [0.1, 0.15) is 5.56 Å². The summed E-state index contributed by atoms with van der Waals surface area (Å²) in [6.45, 7) is 0. The lowest BCUT2D eigenvalue weighted by Gasteiger charge is -2.02. The van der Waals surface area contributed by atoms with Gasteiger partial charge in [0.1, 0.15) is 5.69 Å². The van der Waals surface area contributed by atoms with Crippen LogP contribution in [-0.2, 0) is 0 Å². The Morgan fingerprint density at radius 1 is 1.00 bits per heavy atom. The van der Waals surface area contributed by atoms with Gasteiger partial charge in [-0.1, -0.05) is 29.3 Å². The van der Waals surface area contributed by atoms with Crippen LogP contribution in [0.5, 0.6) is 0 Å². The molecule has 0 aromatic heterocycles. The van der Waals surface area contributed by atoms with Gasteiger partial charge in [-0.15, -0.1) is 0 Å². The minimum atomic E-state index is -0.732. The van der Waals surface area contributed by atoms with Crippen molar-refractivity contribution in [1.29, 1.82) is 0 Å². The lowest BCUT2D eigenvalue weighted by Crippen LogP contribution is -1.98. The van der Waals surface area contributed by atoms with Gasteiger partial charge in [0.2, 0.25) is 0 Å². The normalized spacial score (nSPS) is 10.7. The largest absolute Gasteiger partial charge is 0.301 e. The molecule has 1 N–H and O–H groups in total. The number of nitrogens with zero attached hydrogens (tertiary/aromatic N) is 3. The molecular formula is C13H8Cl2N4O4. The fourth-order valence-corrected chi connectivity index (χ4v) is 1.95. The molecule has 0 saturated heterocycles. The van der Waals surface area contributed by atoms with Gasteiger partial charge in [0.25, 0.3) is 5.69 Å². The molecule has 8 nitrogen and oxygen atoms in total. The van der Waals surface area contributed by atoms with Crippen molar-refractivity contribution >= 4 is 46.5 Å². The van der Waals surface area contributed by atoms with Crippen molar-refractivity contribution in [2.24, 2.45) is 5.10 Å². The zero-order valence-corrected chi connectivity index (χ0v) is 12.8. The average Bonchev–Trinajstić information content (AvgIpc) is 2.50. The van der Waals surface area contributed by atoms with Crippen molar-refractivity contribution in [3.8, 4) is 0 Å². The Labute approximate surface area is 139 Å². The Morgan fingerprint density at radius 2 is 1.74 bits per heavy atom. The summed E-state index contributed by atoms with van der Waals surface area (Å²) in [6.07, 6.45) is 1.38. The van der Waals surface area contributed by atoms with Crippen LogP contribution < -0.4 is 5.43 Å². The highest BCUT2D eigenvalue weighted by atomic mass is 35.5. The number of nitro groups is 2. The smallest absolute Gasteiger partial charge is 0.272 e. The van der Waals surface area contributed by atoms with Crippen LogP contribution >= 0.6 is 23.2 Å². The second kappa shape index (κ2) is 7.03. The van der Waals surface area contributed by atoms with Crippen molar-refractivity contribution in [2.45, 2.75) is 0 Å². The van der Waals surface area contributed by atoms with Crippen molar-refractivity contribution in [3.05, 3.63) is 72.2 Å². The van der Waals surface area contributed by atoms with Gasteiger partial charge in [-0.05, 0) is 23.8 Å². The first-order valence-corrected chi connectivity index (χ1v) is 6.81. The van der Waals surface area contributed by atoms with Crippen molar-refractivity contribution < 1.29 is 9.85 Å². The molecule has 118 valence electrons. The molecule has 0 amide bonds. The Balaban J connectivity index is 2.22. The first-order chi connectivity index (χ1) is 10.9. The number of anilines is 1. The van der Waals surface area contributed by atoms with Gasteiger partial charge in [0.05, 0.1) is 32.2 Å². The van der Waals surface area contributed by atoms with Crippen LogP contribution in [0.25, 0.3) is 0 Å². The van der Waals surface area contributed by atoms with E-state index in [1.54, 1.807) is 18.2 Å². The molecule has 10 heteroatoms. The molecule has 0 radical (unpaired) electrons. The number of nitrogens with one attached hydrogen (secondary N) is 1. The summed E-state index contributed by atoms with van der Waals surface area (Å²) in [6, 6.07) is 8.02. The fraction of sp³-hybridized carbons (Fsp3) is 0. The average molecular weight is 355 g/mol. The van der Waals surface area contributed by atoms with Crippen LogP contribution in [0, 0.1) is 20.2 Å². The SMILES string of the molecule is O=[N+]([O-])c1ccc(N/N=C\c2ccc(Cl)c(Cl)c2)c([N+](=O)[O-])c1. The minimum Gasteiger partial charge on any atom is -0.272 e. The lowest BCUT2D eigenvalue weighted by molar-refractivity contribution is -0.393. The van der Waals surface area contributed by atoms with Crippen LogP contribution in [-0.4, -0.2) is 16.1 Å². The predicted octanol–water partition coefficient (Wildman–Crippen LogP) is 4.26. The highest BCUT2D eigenvalue weighted by Crippen LogP contribution is 2.29. The number of rotatable bonds is 5. The number of hydrogen-bond donors (Lipinski definition) is 1. The van der Waals surface area contributed by atoms with E-state index in [0.29, 0.717) is 15.6 Å². The minimum absolute atomic E-state index is 0.0249. The van der Waals surface area contributed by atoms with E-state index in [2.05, 4.69) is 10.5 Å². The molecule has 0 bridgehead atoms. The molecule has 23 heavy (non-hydrogen) atoms. The first kappa shape index (κ1) is 16.7. The first-order valence-electron chi connectivity index (χ1n) is 6.05. The standard InChI is InChI=1S/C13H8Cl2N4O4/c14-10-3-1-8(5-11(10)15)7-16-17-12-4-2-9(18(20)21)6-13(12)19(22)23/h1-7,17H/b16-7-. The van der Waals surface area contributed by atoms with Gasteiger partial charge in [0.15, 0.2) is 0 Å². The zero-order valence-electron chi connectivity index (χ0n) is 11.3. The lowest BCUT2D eigenvalue weighted by atomic mass is 10.2. The predicted molar refractivity (Wildman–Crippen MR) is 87.4 cm³/mol. The molecule has 0 heterocycles. The maximum Gasteiger partial charge on any atom is 0.301 e. The van der Waals surface area contributed by atoms with E-state index in [0.717, 1.165) is 12.1 Å². The molecule has 2 rings (SSSR count). The Hall–Kier alpha value is -2.71. The molecule has 0 atom stereocenters. The van der Waals surface area contributed by atoms with Crippen molar-refractivity contribution in [1.82, 2.24) is 0 Å². The van der Waals surface area contributed by atoms with E-state index in [1.807, 2.05) is 0 Å². The van der Waals surface area contributed by atoms with Gasteiger partial charge in [-0.25, -0.2) is 0 Å². The molecule has 0 spiro atoms. The molecule has 2 aromatic carbocycles. The molecule has 0 aliphatic carbocycles. The molecule has 0 aliphatic rings. The second-order valence-electron chi connectivity index (χ2n) is 4.26. The summed E-state index contributed by atoms with van der Waals surface area (Å²) in [5, 5.41) is 26.2. The maximum absolute atomic E-state index is 11.0. The summed E-state index contributed by atoms with van der Waals surface area (Å²) >= 11 is 11.6. The Kier molecular flexibility index (Phi) is 5.09. The summed E-state index contributed by atoms with van der Waals surface area (Å²) < 4.78 is 0. The van der Waals surface area contributed by atoms with E-state index < -0.39 is 15.5 Å². The zero-order chi connectivity index (χ0) is 17.0. The topological polar surface area (TPSA) is 111 Å². The third-order valence-corrected chi connectivity index (χ3v) is 3.47.